The number of carbonyl (C=O) groups is 1. The molecule has 0 aliphatic rings. The summed E-state index contributed by atoms with van der Waals surface area (Å²) in [5, 5.41) is 0. The van der Waals surface area contributed by atoms with E-state index in [2.05, 4.69) is 82.3 Å². The zero-order valence-corrected chi connectivity index (χ0v) is 21.5. The lowest BCUT2D eigenvalue weighted by molar-refractivity contribution is -0.106. The first-order chi connectivity index (χ1) is 14.6. The Labute approximate surface area is 189 Å². The number of rotatable bonds is 7. The molecule has 0 unspecified atom stereocenters. The minimum absolute atomic E-state index is 0.435. The molecule has 0 saturated carbocycles. The summed E-state index contributed by atoms with van der Waals surface area (Å²) in [6, 6.07) is 21.5. The van der Waals surface area contributed by atoms with Gasteiger partial charge in [0, 0.05) is 0 Å². The fourth-order valence-electron chi connectivity index (χ4n) is 3.43. The van der Waals surface area contributed by atoms with Crippen molar-refractivity contribution in [3.63, 3.8) is 0 Å². The van der Waals surface area contributed by atoms with Gasteiger partial charge in [0.1, 0.15) is 6.29 Å². The van der Waals surface area contributed by atoms with Crippen molar-refractivity contribution < 1.29 is 4.79 Å². The normalized spacial score (nSPS) is 9.10. The van der Waals surface area contributed by atoms with Crippen LogP contribution in [0.25, 0.3) is 0 Å². The minimum Gasteiger partial charge on any atom is -0.304 e. The van der Waals surface area contributed by atoms with Crippen molar-refractivity contribution in [2.24, 2.45) is 0 Å². The lowest BCUT2D eigenvalue weighted by atomic mass is 9.71. The first-order valence-corrected chi connectivity index (χ1v) is 12.1. The van der Waals surface area contributed by atoms with E-state index in [0.29, 0.717) is 5.41 Å². The van der Waals surface area contributed by atoms with Crippen LogP contribution in [0, 0.1) is 0 Å². The molecule has 1 heteroatoms. The lowest BCUT2D eigenvalue weighted by Gasteiger charge is -2.33. The monoisotopic (exact) mass is 414 g/mol. The summed E-state index contributed by atoms with van der Waals surface area (Å²) in [6.45, 7) is 18.5. The van der Waals surface area contributed by atoms with E-state index < -0.39 is 0 Å². The molecular formula is C29H50O. The Bertz CT molecular complexity index is 539. The van der Waals surface area contributed by atoms with Crippen molar-refractivity contribution in [2.75, 3.05) is 0 Å². The maximum Gasteiger partial charge on any atom is 0.116 e. The van der Waals surface area contributed by atoms with Gasteiger partial charge in [0.05, 0.1) is 0 Å². The molecular weight excluding hydrogens is 364 g/mol. The molecule has 2 aromatic rings. The fourth-order valence-corrected chi connectivity index (χ4v) is 3.43. The predicted octanol–water partition coefficient (Wildman–Crippen LogP) is 9.44. The van der Waals surface area contributed by atoms with Crippen LogP contribution in [-0.4, -0.2) is 6.29 Å². The maximum absolute atomic E-state index is 8.81. The lowest BCUT2D eigenvalue weighted by Crippen LogP contribution is -2.24. The summed E-state index contributed by atoms with van der Waals surface area (Å²) in [4.78, 5) is 8.81. The van der Waals surface area contributed by atoms with Crippen LogP contribution in [0.15, 0.2) is 60.7 Å². The van der Waals surface area contributed by atoms with Crippen molar-refractivity contribution in [2.45, 2.75) is 106 Å². The van der Waals surface area contributed by atoms with Crippen LogP contribution in [0.4, 0.5) is 0 Å². The van der Waals surface area contributed by atoms with Gasteiger partial charge in [-0.05, 0) is 49.1 Å². The molecule has 0 aliphatic heterocycles. The molecule has 0 fully saturated rings. The topological polar surface area (TPSA) is 17.1 Å². The van der Waals surface area contributed by atoms with Gasteiger partial charge >= 0.3 is 0 Å². The van der Waals surface area contributed by atoms with Gasteiger partial charge in [-0.1, -0.05) is 129 Å². The molecule has 0 aliphatic carbocycles. The van der Waals surface area contributed by atoms with Crippen molar-refractivity contribution in [1.82, 2.24) is 0 Å². The maximum atomic E-state index is 8.81. The van der Waals surface area contributed by atoms with E-state index >= 15 is 0 Å². The first kappa shape index (κ1) is 32.8. The third-order valence-corrected chi connectivity index (χ3v) is 4.77. The van der Waals surface area contributed by atoms with E-state index in [-0.39, 0.29) is 0 Å². The van der Waals surface area contributed by atoms with Gasteiger partial charge in [-0.25, -0.2) is 0 Å². The second kappa shape index (κ2) is 25.1. The van der Waals surface area contributed by atoms with Crippen LogP contribution in [0.1, 0.15) is 106 Å². The van der Waals surface area contributed by atoms with Crippen molar-refractivity contribution >= 4 is 6.29 Å². The van der Waals surface area contributed by atoms with Gasteiger partial charge in [0.25, 0.3) is 0 Å². The van der Waals surface area contributed by atoms with Crippen molar-refractivity contribution in [1.29, 1.82) is 0 Å². The first-order valence-electron chi connectivity index (χ1n) is 12.1. The Morgan fingerprint density at radius 1 is 0.700 bits per heavy atom. The van der Waals surface area contributed by atoms with Gasteiger partial charge in [-0.2, -0.15) is 0 Å². The molecule has 2 rings (SSSR count). The molecule has 0 heterocycles. The van der Waals surface area contributed by atoms with E-state index in [0.717, 1.165) is 12.7 Å². The zero-order chi connectivity index (χ0) is 23.7. The predicted molar refractivity (Wildman–Crippen MR) is 138 cm³/mol. The number of carbonyl (C=O) groups excluding carboxylic acids is 1. The third kappa shape index (κ3) is 15.0. The number of benzene rings is 2. The number of aryl methyl sites for hydroxylation is 1. The summed E-state index contributed by atoms with van der Waals surface area (Å²) in [5.41, 5.74) is 3.38. The van der Waals surface area contributed by atoms with Crippen LogP contribution in [0.2, 0.25) is 0 Å². The molecule has 0 spiro atoms. The van der Waals surface area contributed by atoms with Crippen molar-refractivity contribution in [3.8, 4) is 0 Å². The summed E-state index contributed by atoms with van der Waals surface area (Å²) < 4.78 is 0. The van der Waals surface area contributed by atoms with Gasteiger partial charge in [0.2, 0.25) is 0 Å². The van der Waals surface area contributed by atoms with Crippen LogP contribution in [0.5, 0.6) is 0 Å². The minimum atomic E-state index is 0.435. The Kier molecular flexibility index (Phi) is 27.5. The number of hydrogen-bond donors (Lipinski definition) is 0. The van der Waals surface area contributed by atoms with E-state index in [1.54, 1.807) is 0 Å². The molecule has 0 N–H and O–H groups in total. The van der Waals surface area contributed by atoms with Gasteiger partial charge in [-0.3, -0.25) is 0 Å². The summed E-state index contributed by atoms with van der Waals surface area (Å²) in [7, 11) is 0. The average molecular weight is 415 g/mol. The molecule has 0 bridgehead atoms. The smallest absolute Gasteiger partial charge is 0.116 e. The molecule has 0 saturated heterocycles. The highest BCUT2D eigenvalue weighted by atomic mass is 16.1. The standard InChI is InChI=1S/C15H24.C8H10.C2H4O.2C2H6/c1-4-12-15(6-3,13-5-2)14-10-8-7-9-11-14;1-2-8-6-4-3-5-7-8;1-2-3;2*1-2/h7-11H,4-6,12-13H2,1-3H3;3-7H,2H2,1H3;2H,1H3;2*1-2H3. The van der Waals surface area contributed by atoms with Gasteiger partial charge in [0.15, 0.2) is 0 Å². The quantitative estimate of drug-likeness (QED) is 0.412. The Morgan fingerprint density at radius 2 is 1.07 bits per heavy atom. The zero-order valence-electron chi connectivity index (χ0n) is 21.5. The van der Waals surface area contributed by atoms with E-state index in [9.17, 15) is 0 Å². The SMILES string of the molecule is CC.CC.CC=O.CCCC(CC)(CCC)c1ccccc1.CCc1ccccc1. The van der Waals surface area contributed by atoms with E-state index in [4.69, 9.17) is 4.79 Å². The number of hydrogen-bond acceptors (Lipinski definition) is 1. The molecule has 0 aromatic heterocycles. The average Bonchev–Trinajstić information content (AvgIpc) is 2.83. The second-order valence-corrected chi connectivity index (χ2v) is 6.57. The molecule has 1 nitrogen and oxygen atoms in total. The summed E-state index contributed by atoms with van der Waals surface area (Å²) >= 11 is 0. The van der Waals surface area contributed by atoms with Crippen LogP contribution >= 0.6 is 0 Å². The molecule has 0 radical (unpaired) electrons. The number of aldehydes is 1. The molecule has 172 valence electrons. The van der Waals surface area contributed by atoms with Crippen molar-refractivity contribution in [3.05, 3.63) is 71.8 Å². The Hall–Kier alpha value is -1.89. The van der Waals surface area contributed by atoms with Crippen LogP contribution in [-0.2, 0) is 16.6 Å². The van der Waals surface area contributed by atoms with Crippen LogP contribution in [0.3, 0.4) is 0 Å². The van der Waals surface area contributed by atoms with Crippen LogP contribution < -0.4 is 0 Å². The fraction of sp³-hybridized carbons (Fsp3) is 0.552. The molecule has 0 amide bonds. The van der Waals surface area contributed by atoms with Gasteiger partial charge in [-0.15, -0.1) is 0 Å². The van der Waals surface area contributed by atoms with E-state index in [1.807, 2.05) is 33.8 Å². The van der Waals surface area contributed by atoms with Gasteiger partial charge < -0.3 is 4.79 Å². The Morgan fingerprint density at radius 3 is 1.33 bits per heavy atom. The highest BCUT2D eigenvalue weighted by Gasteiger charge is 2.27. The summed E-state index contributed by atoms with van der Waals surface area (Å²) in [6.07, 6.45) is 8.35. The highest BCUT2D eigenvalue weighted by Crippen LogP contribution is 2.37. The summed E-state index contributed by atoms with van der Waals surface area (Å²) in [5.74, 6) is 0. The third-order valence-electron chi connectivity index (χ3n) is 4.77. The highest BCUT2D eigenvalue weighted by molar-refractivity contribution is 5.44. The largest absolute Gasteiger partial charge is 0.304 e. The molecule has 2 aromatic carbocycles. The van der Waals surface area contributed by atoms with E-state index in [1.165, 1.54) is 50.2 Å². The Balaban J connectivity index is -0.000000407. The molecule has 30 heavy (non-hydrogen) atoms. The second-order valence-electron chi connectivity index (χ2n) is 6.57. The molecule has 0 atom stereocenters.